The lowest BCUT2D eigenvalue weighted by Crippen LogP contribution is -2.34. The van der Waals surface area contributed by atoms with Gasteiger partial charge in [-0.25, -0.2) is 0 Å². The van der Waals surface area contributed by atoms with Crippen LogP contribution in [-0.2, 0) is 0 Å². The number of hydrogen-bond donors (Lipinski definition) is 2. The summed E-state index contributed by atoms with van der Waals surface area (Å²) < 4.78 is 0. The fourth-order valence-corrected chi connectivity index (χ4v) is 1.64. The average Bonchev–Trinajstić information content (AvgIpc) is 2.22. The molecule has 0 bridgehead atoms. The van der Waals surface area contributed by atoms with Crippen molar-refractivity contribution < 1.29 is 0 Å². The molecule has 3 heteroatoms. The molecular formula is C14H31N3. The van der Waals surface area contributed by atoms with Crippen LogP contribution in [0.3, 0.4) is 0 Å². The molecule has 0 amide bonds. The lowest BCUT2D eigenvalue weighted by Gasteiger charge is -2.22. The van der Waals surface area contributed by atoms with E-state index < -0.39 is 0 Å². The number of nitrogens with one attached hydrogen (secondary N) is 1. The van der Waals surface area contributed by atoms with Crippen LogP contribution in [0.4, 0.5) is 0 Å². The summed E-state index contributed by atoms with van der Waals surface area (Å²) in [5.41, 5.74) is 7.04. The quantitative estimate of drug-likeness (QED) is 0.609. The van der Waals surface area contributed by atoms with Crippen molar-refractivity contribution in [3.63, 3.8) is 0 Å². The van der Waals surface area contributed by atoms with Crippen molar-refractivity contribution in [2.24, 2.45) is 5.73 Å². The number of nitrogens with two attached hydrogens (primary N) is 1. The maximum Gasteiger partial charge on any atom is 0.0438 e. The highest BCUT2D eigenvalue weighted by atomic mass is 15.1. The normalized spacial score (nSPS) is 13.5. The molecule has 0 saturated heterocycles. The van der Waals surface area contributed by atoms with Crippen molar-refractivity contribution in [2.75, 3.05) is 13.6 Å². The minimum absolute atomic E-state index is 0.0850. The molecule has 0 heterocycles. The lowest BCUT2D eigenvalue weighted by molar-refractivity contribution is 0.267. The Morgan fingerprint density at radius 2 is 1.82 bits per heavy atom. The molecule has 0 radical (unpaired) electrons. The molecule has 0 aromatic carbocycles. The highest BCUT2D eigenvalue weighted by molar-refractivity contribution is 5.02. The molecule has 0 fully saturated rings. The lowest BCUT2D eigenvalue weighted by atomic mass is 10.1. The highest BCUT2D eigenvalue weighted by Gasteiger charge is 2.08. The van der Waals surface area contributed by atoms with Crippen LogP contribution in [0.2, 0.25) is 0 Å². The molecule has 1 atom stereocenters. The molecule has 17 heavy (non-hydrogen) atoms. The van der Waals surface area contributed by atoms with Gasteiger partial charge in [-0.15, -0.1) is 0 Å². The van der Waals surface area contributed by atoms with Gasteiger partial charge in [-0.3, -0.25) is 0 Å². The van der Waals surface area contributed by atoms with Gasteiger partial charge in [0.15, 0.2) is 0 Å². The zero-order valence-corrected chi connectivity index (χ0v) is 12.3. The smallest absolute Gasteiger partial charge is 0.0438 e. The minimum Gasteiger partial charge on any atom is -0.385 e. The number of hydrogen-bond acceptors (Lipinski definition) is 3. The van der Waals surface area contributed by atoms with Crippen LogP contribution in [0.1, 0.15) is 47.0 Å². The summed E-state index contributed by atoms with van der Waals surface area (Å²) in [6.07, 6.45) is 3.39. The molecule has 102 valence electrons. The van der Waals surface area contributed by atoms with E-state index in [9.17, 15) is 0 Å². The third-order valence-corrected chi connectivity index (χ3v) is 3.08. The second-order valence-electron chi connectivity index (χ2n) is 5.50. The monoisotopic (exact) mass is 241 g/mol. The van der Waals surface area contributed by atoms with Gasteiger partial charge in [0.2, 0.25) is 0 Å². The number of rotatable bonds is 9. The first-order valence-electron chi connectivity index (χ1n) is 6.75. The Morgan fingerprint density at radius 3 is 2.29 bits per heavy atom. The Balaban J connectivity index is 3.64. The summed E-state index contributed by atoms with van der Waals surface area (Å²) in [5.74, 6) is 0. The van der Waals surface area contributed by atoms with Gasteiger partial charge >= 0.3 is 0 Å². The largest absolute Gasteiger partial charge is 0.385 e. The second kappa shape index (κ2) is 8.54. The fourth-order valence-electron chi connectivity index (χ4n) is 1.64. The van der Waals surface area contributed by atoms with Crippen LogP contribution in [0.5, 0.6) is 0 Å². The Bertz CT molecular complexity index is 212. The molecule has 3 nitrogen and oxygen atoms in total. The summed E-state index contributed by atoms with van der Waals surface area (Å²) in [5, 5.41) is 3.28. The molecule has 3 N–H and O–H groups in total. The summed E-state index contributed by atoms with van der Waals surface area (Å²) >= 11 is 0. The topological polar surface area (TPSA) is 41.3 Å². The molecule has 0 aromatic rings. The van der Waals surface area contributed by atoms with Crippen molar-refractivity contribution in [3.05, 3.63) is 12.3 Å². The molecule has 1 unspecified atom stereocenters. The zero-order chi connectivity index (χ0) is 13.4. The van der Waals surface area contributed by atoms with E-state index in [1.54, 1.807) is 0 Å². The van der Waals surface area contributed by atoms with Gasteiger partial charge in [0.1, 0.15) is 0 Å². The van der Waals surface area contributed by atoms with Crippen LogP contribution >= 0.6 is 0 Å². The maximum atomic E-state index is 6.07. The summed E-state index contributed by atoms with van der Waals surface area (Å²) in [6.45, 7) is 13.8. The van der Waals surface area contributed by atoms with E-state index in [0.717, 1.165) is 25.1 Å². The first-order chi connectivity index (χ1) is 7.84. The van der Waals surface area contributed by atoms with E-state index in [-0.39, 0.29) is 6.04 Å². The predicted octanol–water partition coefficient (Wildman–Crippen LogP) is 2.34. The minimum atomic E-state index is 0.0850. The number of nitrogens with zero attached hydrogens (tertiary/aromatic N) is 1. The van der Waals surface area contributed by atoms with Crippen LogP contribution in [0, 0.1) is 0 Å². The molecule has 0 saturated carbocycles. The van der Waals surface area contributed by atoms with E-state index in [0.29, 0.717) is 12.1 Å². The van der Waals surface area contributed by atoms with E-state index in [4.69, 9.17) is 5.73 Å². The average molecular weight is 241 g/mol. The fraction of sp³-hybridized carbons (Fsp3) is 0.857. The van der Waals surface area contributed by atoms with Gasteiger partial charge in [0.25, 0.3) is 0 Å². The van der Waals surface area contributed by atoms with Gasteiger partial charge in [-0.05, 0) is 54.1 Å². The van der Waals surface area contributed by atoms with Gasteiger partial charge in [0, 0.05) is 23.8 Å². The van der Waals surface area contributed by atoms with Gasteiger partial charge < -0.3 is 16.0 Å². The first kappa shape index (κ1) is 16.5. The van der Waals surface area contributed by atoms with Crippen molar-refractivity contribution in [3.8, 4) is 0 Å². The van der Waals surface area contributed by atoms with Gasteiger partial charge in [-0.1, -0.05) is 13.0 Å². The van der Waals surface area contributed by atoms with Gasteiger partial charge in [-0.2, -0.15) is 0 Å². The molecule has 0 aliphatic carbocycles. The molecule has 0 aliphatic rings. The predicted molar refractivity (Wildman–Crippen MR) is 77.0 cm³/mol. The molecule has 0 aromatic heterocycles. The van der Waals surface area contributed by atoms with Crippen LogP contribution in [0.15, 0.2) is 12.3 Å². The van der Waals surface area contributed by atoms with Crippen LogP contribution in [0.25, 0.3) is 0 Å². The summed E-state index contributed by atoms with van der Waals surface area (Å²) in [7, 11) is 2.17. The van der Waals surface area contributed by atoms with Crippen molar-refractivity contribution in [1.82, 2.24) is 10.2 Å². The molecular weight excluding hydrogens is 210 g/mol. The van der Waals surface area contributed by atoms with Crippen LogP contribution < -0.4 is 11.1 Å². The third-order valence-electron chi connectivity index (χ3n) is 3.08. The van der Waals surface area contributed by atoms with Crippen molar-refractivity contribution in [2.45, 2.75) is 65.1 Å². The number of unbranched alkanes of at least 4 members (excludes halogenated alkanes) is 1. The molecule has 0 rings (SSSR count). The third kappa shape index (κ3) is 8.22. The summed E-state index contributed by atoms with van der Waals surface area (Å²) in [4.78, 5) is 2.37. The SMILES string of the molecule is C=C(NC(C)C)C(N)CCCCN(C)C(C)C. The second-order valence-corrected chi connectivity index (χ2v) is 5.50. The molecule has 0 spiro atoms. The first-order valence-corrected chi connectivity index (χ1v) is 6.75. The maximum absolute atomic E-state index is 6.07. The van der Waals surface area contributed by atoms with Gasteiger partial charge in [0.05, 0.1) is 0 Å². The van der Waals surface area contributed by atoms with Crippen molar-refractivity contribution >= 4 is 0 Å². The summed E-state index contributed by atoms with van der Waals surface area (Å²) in [6, 6.07) is 1.13. The highest BCUT2D eigenvalue weighted by Crippen LogP contribution is 2.06. The zero-order valence-electron chi connectivity index (χ0n) is 12.3. The Labute approximate surface area is 107 Å². The van der Waals surface area contributed by atoms with E-state index in [2.05, 4.69) is 51.5 Å². The van der Waals surface area contributed by atoms with Crippen LogP contribution in [-0.4, -0.2) is 36.6 Å². The van der Waals surface area contributed by atoms with E-state index in [1.165, 1.54) is 6.42 Å². The van der Waals surface area contributed by atoms with Crippen molar-refractivity contribution in [1.29, 1.82) is 0 Å². The standard InChI is InChI=1S/C14H31N3/c1-11(2)16-13(5)14(15)9-7-8-10-17(6)12(3)4/h11-12,14,16H,5,7-10,15H2,1-4,6H3. The molecule has 0 aliphatic heterocycles. The Morgan fingerprint density at radius 1 is 1.24 bits per heavy atom. The Hall–Kier alpha value is -0.540. The van der Waals surface area contributed by atoms with E-state index >= 15 is 0 Å². The van der Waals surface area contributed by atoms with E-state index in [1.807, 2.05) is 0 Å². The Kier molecular flexibility index (Phi) is 8.26.